The van der Waals surface area contributed by atoms with Gasteiger partial charge in [-0.2, -0.15) is 5.10 Å². The third-order valence-corrected chi connectivity index (χ3v) is 3.05. The van der Waals surface area contributed by atoms with Crippen LogP contribution in [0.1, 0.15) is 27.5 Å². The highest BCUT2D eigenvalue weighted by Gasteiger charge is 2.24. The van der Waals surface area contributed by atoms with E-state index in [2.05, 4.69) is 10.4 Å². The lowest BCUT2D eigenvalue weighted by Crippen LogP contribution is -2.33. The zero-order chi connectivity index (χ0) is 15.6. The Balaban J connectivity index is 2.22. The van der Waals surface area contributed by atoms with Gasteiger partial charge < -0.3 is 15.5 Å². The van der Waals surface area contributed by atoms with Crippen molar-refractivity contribution in [3.63, 3.8) is 0 Å². The summed E-state index contributed by atoms with van der Waals surface area (Å²) in [5, 5.41) is 25.1. The van der Waals surface area contributed by atoms with Crippen molar-refractivity contribution in [3.05, 3.63) is 47.3 Å². The first-order valence-electron chi connectivity index (χ1n) is 6.20. The van der Waals surface area contributed by atoms with Crippen LogP contribution in [0.4, 0.5) is 0 Å². The number of aromatic hydroxyl groups is 1. The van der Waals surface area contributed by atoms with E-state index in [9.17, 15) is 19.8 Å². The summed E-state index contributed by atoms with van der Waals surface area (Å²) in [4.78, 5) is 23.4. The van der Waals surface area contributed by atoms with Gasteiger partial charge in [0.15, 0.2) is 6.04 Å². The Hall–Kier alpha value is -2.83. The zero-order valence-corrected chi connectivity index (χ0v) is 11.6. The number of carboxylic acids is 1. The molecule has 0 bridgehead atoms. The third-order valence-electron chi connectivity index (χ3n) is 3.05. The van der Waals surface area contributed by atoms with E-state index in [1.165, 1.54) is 29.2 Å². The number of benzene rings is 1. The summed E-state index contributed by atoms with van der Waals surface area (Å²) in [6.45, 7) is 1.70. The Bertz CT molecular complexity index is 693. The van der Waals surface area contributed by atoms with Crippen LogP contribution >= 0.6 is 0 Å². The molecule has 1 amide bonds. The minimum Gasteiger partial charge on any atom is -0.508 e. The smallest absolute Gasteiger partial charge is 0.331 e. The van der Waals surface area contributed by atoms with Crippen molar-refractivity contribution >= 4 is 11.9 Å². The molecule has 21 heavy (non-hydrogen) atoms. The molecule has 7 heteroatoms. The second-order valence-corrected chi connectivity index (χ2v) is 4.69. The van der Waals surface area contributed by atoms with Crippen molar-refractivity contribution in [1.82, 2.24) is 15.1 Å². The van der Waals surface area contributed by atoms with E-state index in [4.69, 9.17) is 0 Å². The number of carboxylic acid groups (broad SMARTS) is 1. The number of aryl methyl sites for hydroxylation is 2. The summed E-state index contributed by atoms with van der Waals surface area (Å²) in [6.07, 6.45) is 2.90. The maximum absolute atomic E-state index is 12.1. The maximum Gasteiger partial charge on any atom is 0.331 e. The molecule has 0 spiro atoms. The van der Waals surface area contributed by atoms with Gasteiger partial charge in [-0.15, -0.1) is 0 Å². The van der Waals surface area contributed by atoms with Gasteiger partial charge in [-0.3, -0.25) is 9.48 Å². The zero-order valence-electron chi connectivity index (χ0n) is 11.6. The number of phenols is 1. The molecular formula is C14H15N3O4. The van der Waals surface area contributed by atoms with Gasteiger partial charge >= 0.3 is 5.97 Å². The Morgan fingerprint density at radius 1 is 1.38 bits per heavy atom. The molecular weight excluding hydrogens is 274 g/mol. The molecule has 1 unspecified atom stereocenters. The number of amides is 1. The van der Waals surface area contributed by atoms with Crippen LogP contribution < -0.4 is 5.32 Å². The highest BCUT2D eigenvalue weighted by atomic mass is 16.4. The summed E-state index contributed by atoms with van der Waals surface area (Å²) >= 11 is 0. The molecule has 0 saturated heterocycles. The number of carbonyl (C=O) groups is 2. The second-order valence-electron chi connectivity index (χ2n) is 4.69. The number of hydrogen-bond donors (Lipinski definition) is 3. The first-order chi connectivity index (χ1) is 9.88. The number of carbonyl (C=O) groups excluding carboxylic acids is 1. The van der Waals surface area contributed by atoms with Crippen molar-refractivity contribution in [2.45, 2.75) is 13.0 Å². The monoisotopic (exact) mass is 289 g/mol. The number of rotatable bonds is 4. The van der Waals surface area contributed by atoms with Gasteiger partial charge in [0.2, 0.25) is 0 Å². The summed E-state index contributed by atoms with van der Waals surface area (Å²) in [7, 11) is 1.66. The van der Waals surface area contributed by atoms with E-state index >= 15 is 0 Å². The summed E-state index contributed by atoms with van der Waals surface area (Å²) in [5.74, 6) is -1.79. The van der Waals surface area contributed by atoms with Crippen LogP contribution in [0.25, 0.3) is 0 Å². The van der Waals surface area contributed by atoms with Crippen molar-refractivity contribution in [1.29, 1.82) is 0 Å². The lowest BCUT2D eigenvalue weighted by Gasteiger charge is -2.13. The molecule has 0 aliphatic carbocycles. The molecule has 7 nitrogen and oxygen atoms in total. The predicted molar refractivity (Wildman–Crippen MR) is 73.9 cm³/mol. The van der Waals surface area contributed by atoms with Crippen LogP contribution in [0.3, 0.4) is 0 Å². The molecule has 1 aromatic heterocycles. The number of phenolic OH excluding ortho intramolecular Hbond substituents is 1. The molecule has 0 saturated carbocycles. The van der Waals surface area contributed by atoms with Crippen LogP contribution in [0.15, 0.2) is 30.6 Å². The molecule has 2 aromatic rings. The number of aliphatic carboxylic acids is 1. The predicted octanol–water partition coefficient (Wildman–Crippen LogP) is 0.990. The molecule has 0 aliphatic rings. The van der Waals surface area contributed by atoms with Crippen molar-refractivity contribution in [2.75, 3.05) is 0 Å². The van der Waals surface area contributed by atoms with Crippen molar-refractivity contribution in [3.8, 4) is 5.75 Å². The molecule has 1 atom stereocenters. The molecule has 110 valence electrons. The molecule has 1 aromatic carbocycles. The Labute approximate surface area is 120 Å². The first kappa shape index (κ1) is 14.6. The summed E-state index contributed by atoms with van der Waals surface area (Å²) in [5.41, 5.74) is 1.19. The van der Waals surface area contributed by atoms with E-state index in [-0.39, 0.29) is 11.3 Å². The lowest BCUT2D eigenvalue weighted by molar-refractivity contribution is -0.139. The highest BCUT2D eigenvalue weighted by molar-refractivity contribution is 5.97. The fourth-order valence-electron chi connectivity index (χ4n) is 1.84. The maximum atomic E-state index is 12.1. The van der Waals surface area contributed by atoms with Gasteiger partial charge in [-0.05, 0) is 24.6 Å². The Morgan fingerprint density at radius 2 is 2.10 bits per heavy atom. The molecule has 0 radical (unpaired) electrons. The molecule has 0 aliphatic heterocycles. The average molecular weight is 289 g/mol. The summed E-state index contributed by atoms with van der Waals surface area (Å²) < 4.78 is 1.45. The van der Waals surface area contributed by atoms with E-state index < -0.39 is 17.9 Å². The normalized spacial score (nSPS) is 11.9. The standard InChI is InChI=1S/C14H15N3O4/c1-8-3-4-9(5-11(8)18)13(19)16-12(14(20)21)10-6-15-17(2)7-10/h3-7,12,18H,1-2H3,(H,16,19)(H,20,21). The molecule has 1 heterocycles. The van der Waals surface area contributed by atoms with E-state index in [1.54, 1.807) is 20.0 Å². The first-order valence-corrected chi connectivity index (χ1v) is 6.20. The average Bonchev–Trinajstić information content (AvgIpc) is 2.84. The molecule has 3 N–H and O–H groups in total. The van der Waals surface area contributed by atoms with Crippen molar-refractivity contribution < 1.29 is 19.8 Å². The molecule has 0 fully saturated rings. The van der Waals surface area contributed by atoms with Crippen LogP contribution in [0.2, 0.25) is 0 Å². The number of nitrogens with one attached hydrogen (secondary N) is 1. The van der Waals surface area contributed by atoms with Crippen LogP contribution in [-0.4, -0.2) is 31.9 Å². The van der Waals surface area contributed by atoms with Crippen LogP contribution in [0, 0.1) is 6.92 Å². The van der Waals surface area contributed by atoms with Gasteiger partial charge in [0.1, 0.15) is 5.75 Å². The summed E-state index contributed by atoms with van der Waals surface area (Å²) in [6, 6.07) is 3.21. The Morgan fingerprint density at radius 3 is 2.62 bits per heavy atom. The largest absolute Gasteiger partial charge is 0.508 e. The number of nitrogens with zero attached hydrogens (tertiary/aromatic N) is 2. The third kappa shape index (κ3) is 3.19. The number of hydrogen-bond acceptors (Lipinski definition) is 4. The second kappa shape index (κ2) is 5.66. The SMILES string of the molecule is Cc1ccc(C(=O)NC(C(=O)O)c2cnn(C)c2)cc1O. The van der Waals surface area contributed by atoms with Crippen LogP contribution in [0.5, 0.6) is 5.75 Å². The Kier molecular flexibility index (Phi) is 3.93. The van der Waals surface area contributed by atoms with E-state index in [1.807, 2.05) is 0 Å². The quantitative estimate of drug-likeness (QED) is 0.778. The minimum atomic E-state index is -1.20. The van der Waals surface area contributed by atoms with Crippen molar-refractivity contribution in [2.24, 2.45) is 7.05 Å². The van der Waals surface area contributed by atoms with Gasteiger partial charge in [0, 0.05) is 24.4 Å². The van der Waals surface area contributed by atoms with Crippen LogP contribution in [-0.2, 0) is 11.8 Å². The minimum absolute atomic E-state index is 0.0177. The van der Waals surface area contributed by atoms with E-state index in [0.717, 1.165) is 0 Å². The van der Waals surface area contributed by atoms with Gasteiger partial charge in [0.05, 0.1) is 6.20 Å². The topological polar surface area (TPSA) is 104 Å². The fourth-order valence-corrected chi connectivity index (χ4v) is 1.84. The fraction of sp³-hybridized carbons (Fsp3) is 0.214. The van der Waals surface area contributed by atoms with E-state index in [0.29, 0.717) is 11.1 Å². The lowest BCUT2D eigenvalue weighted by atomic mass is 10.1. The highest BCUT2D eigenvalue weighted by Crippen LogP contribution is 2.19. The van der Waals surface area contributed by atoms with Gasteiger partial charge in [0.25, 0.3) is 5.91 Å². The van der Waals surface area contributed by atoms with Gasteiger partial charge in [-0.25, -0.2) is 4.79 Å². The van der Waals surface area contributed by atoms with Gasteiger partial charge in [-0.1, -0.05) is 6.07 Å². The molecule has 2 rings (SSSR count). The number of aromatic nitrogens is 2.